The van der Waals surface area contributed by atoms with Crippen LogP contribution in [0.4, 0.5) is 0 Å². The Kier molecular flexibility index (Phi) is 5.26. The van der Waals surface area contributed by atoms with Crippen molar-refractivity contribution in [1.29, 1.82) is 0 Å². The van der Waals surface area contributed by atoms with Gasteiger partial charge < -0.3 is 10.2 Å². The van der Waals surface area contributed by atoms with Gasteiger partial charge in [-0.15, -0.1) is 0 Å². The molecule has 0 aliphatic carbocycles. The van der Waals surface area contributed by atoms with Crippen molar-refractivity contribution in [3.8, 4) is 0 Å². The Hall–Kier alpha value is 0.0700. The van der Waals surface area contributed by atoms with E-state index < -0.39 is 21.8 Å². The quantitative estimate of drug-likeness (QED) is 0.401. The molecule has 0 rings (SSSR count). The molecule has 5 nitrogen and oxygen atoms in total. The molecule has 0 amide bonds. The molecule has 2 N–H and O–H groups in total. The van der Waals surface area contributed by atoms with Crippen LogP contribution in [0.3, 0.4) is 0 Å². The van der Waals surface area contributed by atoms with E-state index in [0.717, 1.165) is 0 Å². The Balaban J connectivity index is 3.06. The summed E-state index contributed by atoms with van der Waals surface area (Å²) in [5.74, 6) is 0. The summed E-state index contributed by atoms with van der Waals surface area (Å²) in [4.78, 5) is 0. The van der Waals surface area contributed by atoms with E-state index in [1.165, 1.54) is 0 Å². The summed E-state index contributed by atoms with van der Waals surface area (Å²) in [6.07, 6.45) is 0. The van der Waals surface area contributed by atoms with Gasteiger partial charge in [-0.3, -0.25) is 13.6 Å². The largest absolute Gasteiger partial charge is 0.370 e. The first-order valence-corrected chi connectivity index (χ1v) is 3.05. The van der Waals surface area contributed by atoms with Crippen LogP contribution >= 0.6 is 8.25 Å². The Morgan fingerprint density at radius 1 is 1.25 bits per heavy atom. The normalized spacial score (nSPS) is 10.4. The number of hydrogen-bond acceptors (Lipinski definition) is 5. The van der Waals surface area contributed by atoms with Crippen LogP contribution in [-0.2, 0) is 13.6 Å². The predicted octanol–water partition coefficient (Wildman–Crippen LogP) is -0.691. The van der Waals surface area contributed by atoms with E-state index in [1.807, 2.05) is 0 Å². The van der Waals surface area contributed by atoms with Crippen molar-refractivity contribution < 1.29 is 23.8 Å². The van der Waals surface area contributed by atoms with Gasteiger partial charge in [-0.2, -0.15) is 0 Å². The van der Waals surface area contributed by atoms with Crippen molar-refractivity contribution in [1.82, 2.24) is 0 Å². The zero-order valence-corrected chi connectivity index (χ0v) is 5.03. The van der Waals surface area contributed by atoms with E-state index in [2.05, 4.69) is 9.05 Å². The van der Waals surface area contributed by atoms with Gasteiger partial charge in [0.1, 0.15) is 0 Å². The van der Waals surface area contributed by atoms with E-state index in [1.54, 1.807) is 0 Å². The van der Waals surface area contributed by atoms with E-state index in [4.69, 9.17) is 10.2 Å². The second kappa shape index (κ2) is 5.21. The highest BCUT2D eigenvalue weighted by Gasteiger charge is 1.93. The fourth-order valence-corrected chi connectivity index (χ4v) is 0.441. The average molecular weight is 142 g/mol. The first-order chi connectivity index (χ1) is 3.81. The van der Waals surface area contributed by atoms with Crippen LogP contribution in [0.25, 0.3) is 0 Å². The minimum absolute atomic E-state index is 0.655. The van der Waals surface area contributed by atoms with Crippen LogP contribution in [0.5, 0.6) is 0 Å². The molecular weight excluding hydrogens is 135 g/mol. The highest BCUT2D eigenvalue weighted by Crippen LogP contribution is 2.21. The van der Waals surface area contributed by atoms with Gasteiger partial charge >= 0.3 is 8.25 Å². The smallest absolute Gasteiger partial charge is 0.323 e. The van der Waals surface area contributed by atoms with E-state index >= 15 is 0 Å². The summed E-state index contributed by atoms with van der Waals surface area (Å²) >= 11 is 0. The van der Waals surface area contributed by atoms with Gasteiger partial charge in [0.25, 0.3) is 0 Å². The monoisotopic (exact) mass is 142 g/mol. The highest BCUT2D eigenvalue weighted by molar-refractivity contribution is 7.33. The predicted molar refractivity (Wildman–Crippen MR) is 25.3 cm³/mol. The summed E-state index contributed by atoms with van der Waals surface area (Å²) in [6.45, 7) is -1.31. The molecule has 0 aromatic heterocycles. The maximum Gasteiger partial charge on any atom is 0.323 e. The Bertz CT molecular complexity index is 64.8. The summed E-state index contributed by atoms with van der Waals surface area (Å²) in [5.41, 5.74) is 0. The molecule has 8 heavy (non-hydrogen) atoms. The molecule has 50 valence electrons. The fourth-order valence-electron chi connectivity index (χ4n) is 0.147. The molecule has 0 heterocycles. The number of hydrogen-bond donors (Lipinski definition) is 2. The molecule has 6 heteroatoms. The summed E-state index contributed by atoms with van der Waals surface area (Å²) in [5, 5.41) is 15.8. The minimum Gasteiger partial charge on any atom is -0.370 e. The molecule has 0 radical (unpaired) electrons. The van der Waals surface area contributed by atoms with Crippen molar-refractivity contribution in [2.45, 2.75) is 0 Å². The molecule has 0 bridgehead atoms. The molecule has 0 unspecified atom stereocenters. The van der Waals surface area contributed by atoms with E-state index in [9.17, 15) is 4.57 Å². The molecule has 0 aromatic rings. The molecule has 0 aliphatic rings. The van der Waals surface area contributed by atoms with Crippen LogP contribution in [0, 0.1) is 0 Å². The number of aliphatic hydroxyl groups is 2. The summed E-state index contributed by atoms with van der Waals surface area (Å²) < 4.78 is 18.1. The van der Waals surface area contributed by atoms with Crippen molar-refractivity contribution in [3.05, 3.63) is 0 Å². The molecular formula is C2H7O5P. The highest BCUT2D eigenvalue weighted by atomic mass is 31.1. The third kappa shape index (κ3) is 4.23. The Labute approximate surface area is 46.8 Å². The molecule has 0 aromatic carbocycles. The zero-order chi connectivity index (χ0) is 6.41. The van der Waals surface area contributed by atoms with Gasteiger partial charge in [-0.05, 0) is 0 Å². The maximum atomic E-state index is 10.1. The van der Waals surface area contributed by atoms with E-state index in [0.29, 0.717) is 0 Å². The number of aliphatic hydroxyl groups excluding tert-OH is 2. The van der Waals surface area contributed by atoms with Gasteiger partial charge in [0.2, 0.25) is 0 Å². The zero-order valence-electron chi connectivity index (χ0n) is 4.03. The van der Waals surface area contributed by atoms with Crippen molar-refractivity contribution in [3.63, 3.8) is 0 Å². The lowest BCUT2D eigenvalue weighted by molar-refractivity contribution is 0.0506. The third-order valence-electron chi connectivity index (χ3n) is 0.365. The van der Waals surface area contributed by atoms with Crippen LogP contribution in [0.1, 0.15) is 0 Å². The van der Waals surface area contributed by atoms with Gasteiger partial charge in [0.05, 0.1) is 0 Å². The minimum atomic E-state index is -2.64. The first-order valence-electron chi connectivity index (χ1n) is 1.82. The lowest BCUT2D eigenvalue weighted by Crippen LogP contribution is -1.86. The van der Waals surface area contributed by atoms with Gasteiger partial charge in [0, 0.05) is 0 Å². The number of rotatable bonds is 4. The van der Waals surface area contributed by atoms with Crippen molar-refractivity contribution in [2.24, 2.45) is 0 Å². The van der Waals surface area contributed by atoms with Crippen LogP contribution in [-0.4, -0.2) is 23.8 Å². The Morgan fingerprint density at radius 2 is 1.62 bits per heavy atom. The topological polar surface area (TPSA) is 76.0 Å². The lowest BCUT2D eigenvalue weighted by Gasteiger charge is -1.96. The molecule has 0 atom stereocenters. The van der Waals surface area contributed by atoms with Gasteiger partial charge in [0.15, 0.2) is 13.6 Å². The van der Waals surface area contributed by atoms with Gasteiger partial charge in [-0.25, -0.2) is 0 Å². The Morgan fingerprint density at radius 3 is 1.88 bits per heavy atom. The summed E-state index contributed by atoms with van der Waals surface area (Å²) in [6, 6.07) is 0. The average Bonchev–Trinajstić information content (AvgIpc) is 1.68. The van der Waals surface area contributed by atoms with Crippen LogP contribution < -0.4 is 0 Å². The second-order valence-corrected chi connectivity index (χ2v) is 1.87. The van der Waals surface area contributed by atoms with Crippen LogP contribution in [0.2, 0.25) is 0 Å². The third-order valence-corrected chi connectivity index (χ3v) is 1.09. The SMILES string of the molecule is O=[PH](OCO)OCO. The second-order valence-electron chi connectivity index (χ2n) is 0.797. The van der Waals surface area contributed by atoms with Crippen molar-refractivity contribution in [2.75, 3.05) is 13.6 Å². The molecule has 0 saturated heterocycles. The maximum absolute atomic E-state index is 10.1. The molecule has 0 saturated carbocycles. The molecule has 0 aliphatic heterocycles. The summed E-state index contributed by atoms with van der Waals surface area (Å²) in [7, 11) is -2.64. The van der Waals surface area contributed by atoms with Crippen LogP contribution in [0.15, 0.2) is 0 Å². The molecule has 0 fully saturated rings. The van der Waals surface area contributed by atoms with Crippen molar-refractivity contribution >= 4 is 8.25 Å². The standard InChI is InChI=1S/C2H7O5P/c3-1-6-8(5)7-2-4/h3-4,8H,1-2H2. The van der Waals surface area contributed by atoms with Gasteiger partial charge in [-0.1, -0.05) is 0 Å². The fraction of sp³-hybridized carbons (Fsp3) is 1.00. The lowest BCUT2D eigenvalue weighted by atomic mass is 11.6. The molecule has 0 spiro atoms. The first kappa shape index (κ1) is 8.07. The van der Waals surface area contributed by atoms with E-state index in [-0.39, 0.29) is 0 Å².